The van der Waals surface area contributed by atoms with E-state index in [0.717, 1.165) is 11.3 Å². The molecule has 3 aromatic rings. The molecule has 0 saturated carbocycles. The van der Waals surface area contributed by atoms with Crippen molar-refractivity contribution in [1.29, 1.82) is 0 Å². The summed E-state index contributed by atoms with van der Waals surface area (Å²) >= 11 is 0. The van der Waals surface area contributed by atoms with Crippen LogP contribution in [0.3, 0.4) is 0 Å². The number of nitrogens with zero attached hydrogens (tertiary/aromatic N) is 4. The van der Waals surface area contributed by atoms with Crippen molar-refractivity contribution < 1.29 is 9.59 Å². The molecule has 0 spiro atoms. The molecule has 3 rings (SSSR count). The smallest absolute Gasteiger partial charge is 0.269 e. The standard InChI is InChI=1S/C21H24N6O2/c1-21(2,3)17-9-4-15(5-10-17)6-13-19(28)23-24-20(29)16-7-11-18(12-8-16)27-14-22-25-26-27/h4-5,7-12,14H,6,13H2,1-3H3,(H,23,28)(H,24,29). The number of aromatic nitrogens is 4. The average Bonchev–Trinajstić information content (AvgIpc) is 3.25. The largest absolute Gasteiger partial charge is 0.273 e. The van der Waals surface area contributed by atoms with Crippen LogP contribution in [0.25, 0.3) is 5.69 Å². The summed E-state index contributed by atoms with van der Waals surface area (Å²) in [6.07, 6.45) is 2.35. The van der Waals surface area contributed by atoms with Crippen molar-refractivity contribution in [3.8, 4) is 5.69 Å². The van der Waals surface area contributed by atoms with E-state index in [4.69, 9.17) is 0 Å². The Hall–Kier alpha value is -3.55. The number of carbonyl (C=O) groups is 2. The van der Waals surface area contributed by atoms with Crippen molar-refractivity contribution in [2.24, 2.45) is 0 Å². The fourth-order valence-corrected chi connectivity index (χ4v) is 2.74. The first-order chi connectivity index (χ1) is 13.8. The van der Waals surface area contributed by atoms with Gasteiger partial charge in [0.25, 0.3) is 5.91 Å². The maximum absolute atomic E-state index is 12.2. The molecule has 0 fully saturated rings. The molecule has 1 aromatic heterocycles. The van der Waals surface area contributed by atoms with Gasteiger partial charge in [-0.2, -0.15) is 0 Å². The SMILES string of the molecule is CC(C)(C)c1ccc(CCC(=O)NNC(=O)c2ccc(-n3cnnn3)cc2)cc1. The van der Waals surface area contributed by atoms with Crippen molar-refractivity contribution in [3.63, 3.8) is 0 Å². The van der Waals surface area contributed by atoms with Gasteiger partial charge in [-0.1, -0.05) is 45.0 Å². The molecule has 150 valence electrons. The predicted octanol–water partition coefficient (Wildman–Crippen LogP) is 2.35. The molecule has 0 unspecified atom stereocenters. The number of hydrazine groups is 1. The third-order valence-electron chi connectivity index (χ3n) is 4.52. The maximum atomic E-state index is 12.2. The number of rotatable bonds is 5. The van der Waals surface area contributed by atoms with Gasteiger partial charge in [-0.3, -0.25) is 20.4 Å². The lowest BCUT2D eigenvalue weighted by atomic mass is 9.86. The van der Waals surface area contributed by atoms with Crippen LogP contribution in [-0.4, -0.2) is 32.0 Å². The molecule has 2 aromatic carbocycles. The fraction of sp³-hybridized carbons (Fsp3) is 0.286. The van der Waals surface area contributed by atoms with Gasteiger partial charge in [-0.05, 0) is 57.7 Å². The molecule has 0 aliphatic rings. The Morgan fingerprint density at radius 3 is 2.24 bits per heavy atom. The van der Waals surface area contributed by atoms with E-state index in [1.165, 1.54) is 16.6 Å². The fourth-order valence-electron chi connectivity index (χ4n) is 2.74. The lowest BCUT2D eigenvalue weighted by Crippen LogP contribution is -2.41. The zero-order chi connectivity index (χ0) is 20.9. The summed E-state index contributed by atoms with van der Waals surface area (Å²) in [4.78, 5) is 24.2. The van der Waals surface area contributed by atoms with Crippen molar-refractivity contribution in [2.75, 3.05) is 0 Å². The van der Waals surface area contributed by atoms with E-state index in [2.05, 4.69) is 59.3 Å². The number of aryl methyl sites for hydroxylation is 1. The zero-order valence-corrected chi connectivity index (χ0v) is 16.7. The van der Waals surface area contributed by atoms with E-state index in [1.807, 2.05) is 12.1 Å². The van der Waals surface area contributed by atoms with Crippen molar-refractivity contribution in [1.82, 2.24) is 31.1 Å². The molecule has 0 atom stereocenters. The van der Waals surface area contributed by atoms with Gasteiger partial charge in [0, 0.05) is 12.0 Å². The molecule has 0 bridgehead atoms. The summed E-state index contributed by atoms with van der Waals surface area (Å²) in [5, 5.41) is 10.9. The van der Waals surface area contributed by atoms with Gasteiger partial charge < -0.3 is 0 Å². The van der Waals surface area contributed by atoms with E-state index in [9.17, 15) is 9.59 Å². The Bertz CT molecular complexity index is 958. The van der Waals surface area contributed by atoms with Crippen molar-refractivity contribution in [3.05, 3.63) is 71.5 Å². The first-order valence-electron chi connectivity index (χ1n) is 9.35. The normalized spacial score (nSPS) is 11.1. The van der Waals surface area contributed by atoms with Gasteiger partial charge in [0.05, 0.1) is 5.69 Å². The molecule has 0 aliphatic heterocycles. The number of tetrazole rings is 1. The summed E-state index contributed by atoms with van der Waals surface area (Å²) in [6.45, 7) is 6.49. The molecule has 2 N–H and O–H groups in total. The highest BCUT2D eigenvalue weighted by molar-refractivity contribution is 5.95. The lowest BCUT2D eigenvalue weighted by molar-refractivity contribution is -0.121. The van der Waals surface area contributed by atoms with Crippen molar-refractivity contribution >= 4 is 11.8 Å². The maximum Gasteiger partial charge on any atom is 0.269 e. The minimum absolute atomic E-state index is 0.102. The molecule has 0 radical (unpaired) electrons. The summed E-state index contributed by atoms with van der Waals surface area (Å²) in [5.41, 5.74) is 8.47. The third kappa shape index (κ3) is 5.47. The van der Waals surface area contributed by atoms with Crippen molar-refractivity contribution in [2.45, 2.75) is 39.0 Å². The Balaban J connectivity index is 1.46. The highest BCUT2D eigenvalue weighted by Gasteiger charge is 2.13. The molecule has 8 heteroatoms. The van der Waals surface area contributed by atoms with E-state index < -0.39 is 5.91 Å². The second-order valence-corrected chi connectivity index (χ2v) is 7.75. The molecule has 29 heavy (non-hydrogen) atoms. The van der Waals surface area contributed by atoms with Crippen LogP contribution < -0.4 is 10.9 Å². The van der Waals surface area contributed by atoms with Crippen LogP contribution in [0.15, 0.2) is 54.9 Å². The molecule has 1 heterocycles. The summed E-state index contributed by atoms with van der Waals surface area (Å²) in [6, 6.07) is 15.0. The van der Waals surface area contributed by atoms with Crippen LogP contribution in [0.2, 0.25) is 0 Å². The van der Waals surface area contributed by atoms with Crippen LogP contribution in [0.5, 0.6) is 0 Å². The van der Waals surface area contributed by atoms with Crippen LogP contribution in [0.4, 0.5) is 0 Å². The minimum Gasteiger partial charge on any atom is -0.273 e. The number of benzene rings is 2. The molecule has 0 saturated heterocycles. The lowest BCUT2D eigenvalue weighted by Gasteiger charge is -2.19. The highest BCUT2D eigenvalue weighted by atomic mass is 16.2. The topological polar surface area (TPSA) is 102 Å². The number of amides is 2. The molecule has 8 nitrogen and oxygen atoms in total. The van der Waals surface area contributed by atoms with E-state index in [1.54, 1.807) is 24.3 Å². The van der Waals surface area contributed by atoms with Crippen LogP contribution in [0, 0.1) is 0 Å². The van der Waals surface area contributed by atoms with Gasteiger partial charge >= 0.3 is 0 Å². The Kier molecular flexibility index (Phi) is 6.01. The molecule has 2 amide bonds. The van der Waals surface area contributed by atoms with Crippen LogP contribution in [0.1, 0.15) is 48.7 Å². The van der Waals surface area contributed by atoms with Gasteiger partial charge in [-0.25, -0.2) is 4.68 Å². The predicted molar refractivity (Wildman–Crippen MR) is 108 cm³/mol. The summed E-state index contributed by atoms with van der Waals surface area (Å²) in [5.74, 6) is -0.639. The number of hydrogen-bond donors (Lipinski definition) is 2. The first kappa shape index (κ1) is 20.2. The zero-order valence-electron chi connectivity index (χ0n) is 16.7. The van der Waals surface area contributed by atoms with E-state index >= 15 is 0 Å². The monoisotopic (exact) mass is 392 g/mol. The highest BCUT2D eigenvalue weighted by Crippen LogP contribution is 2.22. The second-order valence-electron chi connectivity index (χ2n) is 7.75. The van der Waals surface area contributed by atoms with Gasteiger partial charge in [0.1, 0.15) is 6.33 Å². The quantitative estimate of drug-likeness (QED) is 0.649. The van der Waals surface area contributed by atoms with Gasteiger partial charge in [0.15, 0.2) is 0 Å². The van der Waals surface area contributed by atoms with E-state index in [0.29, 0.717) is 12.0 Å². The number of nitrogens with one attached hydrogen (secondary N) is 2. The Morgan fingerprint density at radius 2 is 1.66 bits per heavy atom. The first-order valence-corrected chi connectivity index (χ1v) is 9.35. The number of carbonyl (C=O) groups excluding carboxylic acids is 2. The van der Waals surface area contributed by atoms with Crippen LogP contribution >= 0.6 is 0 Å². The molecular formula is C21H24N6O2. The summed E-state index contributed by atoms with van der Waals surface area (Å²) in [7, 11) is 0. The van der Waals surface area contributed by atoms with Gasteiger partial charge in [-0.15, -0.1) is 5.10 Å². The Labute approximate surface area is 169 Å². The minimum atomic E-state index is -0.392. The Morgan fingerprint density at radius 1 is 0.966 bits per heavy atom. The van der Waals surface area contributed by atoms with Gasteiger partial charge in [0.2, 0.25) is 5.91 Å². The molecule has 0 aliphatic carbocycles. The second kappa shape index (κ2) is 8.64. The number of hydrogen-bond acceptors (Lipinski definition) is 5. The summed E-state index contributed by atoms with van der Waals surface area (Å²) < 4.78 is 1.48. The van der Waals surface area contributed by atoms with Crippen LogP contribution in [-0.2, 0) is 16.6 Å². The average molecular weight is 392 g/mol. The van der Waals surface area contributed by atoms with E-state index in [-0.39, 0.29) is 17.7 Å². The molecular weight excluding hydrogens is 368 g/mol. The third-order valence-corrected chi connectivity index (χ3v) is 4.52.